The first kappa shape index (κ1) is 13.7. The van der Waals surface area contributed by atoms with Crippen LogP contribution >= 0.6 is 0 Å². The summed E-state index contributed by atoms with van der Waals surface area (Å²) in [5.41, 5.74) is 0.866. The number of carbonyl (C=O) groups is 2. The average Bonchev–Trinajstić information content (AvgIpc) is 2.38. The maximum atomic E-state index is 13.3. The second kappa shape index (κ2) is 5.48. The summed E-state index contributed by atoms with van der Waals surface area (Å²) in [5.74, 6) is -2.54. The van der Waals surface area contributed by atoms with E-state index in [1.807, 2.05) is 0 Å². The highest BCUT2D eigenvalue weighted by atomic mass is 19.1. The molecule has 0 bridgehead atoms. The Hall–Kier alpha value is -2.76. The Morgan fingerprint density at radius 2 is 2.00 bits per heavy atom. The number of carboxylic acids is 1. The third-order valence-electron chi connectivity index (χ3n) is 2.72. The monoisotopic (exact) mass is 274 g/mol. The highest BCUT2D eigenvalue weighted by Crippen LogP contribution is 2.16. The Morgan fingerprint density at radius 1 is 1.25 bits per heavy atom. The van der Waals surface area contributed by atoms with Crippen LogP contribution in [-0.2, 0) is 0 Å². The fourth-order valence-electron chi connectivity index (χ4n) is 1.74. The zero-order chi connectivity index (χ0) is 14.7. The van der Waals surface area contributed by atoms with Crippen molar-refractivity contribution < 1.29 is 19.1 Å². The Bertz CT molecular complexity index is 686. The van der Waals surface area contributed by atoms with E-state index < -0.39 is 17.8 Å². The molecule has 0 fully saturated rings. The first-order chi connectivity index (χ1) is 9.49. The smallest absolute Gasteiger partial charge is 0.335 e. The van der Waals surface area contributed by atoms with Crippen molar-refractivity contribution in [2.24, 2.45) is 0 Å². The molecule has 1 amide bonds. The number of halogens is 1. The first-order valence-electron chi connectivity index (χ1n) is 5.75. The fraction of sp³-hybridized carbons (Fsp3) is 0.0714. The number of benzene rings is 1. The van der Waals surface area contributed by atoms with Crippen LogP contribution in [0.1, 0.15) is 26.3 Å². The second-order valence-electron chi connectivity index (χ2n) is 4.13. The molecule has 2 aromatic rings. The zero-order valence-corrected chi connectivity index (χ0v) is 10.6. The molecule has 20 heavy (non-hydrogen) atoms. The number of amides is 1. The third kappa shape index (κ3) is 2.80. The molecule has 0 aliphatic rings. The van der Waals surface area contributed by atoms with E-state index in [0.717, 1.165) is 0 Å². The summed E-state index contributed by atoms with van der Waals surface area (Å²) in [7, 11) is 0. The lowest BCUT2D eigenvalue weighted by Gasteiger charge is -2.08. The van der Waals surface area contributed by atoms with Gasteiger partial charge in [-0.3, -0.25) is 4.79 Å². The normalized spacial score (nSPS) is 10.1. The van der Waals surface area contributed by atoms with Gasteiger partial charge in [0.25, 0.3) is 5.91 Å². The fourth-order valence-corrected chi connectivity index (χ4v) is 1.74. The van der Waals surface area contributed by atoms with E-state index in [9.17, 15) is 14.0 Å². The minimum Gasteiger partial charge on any atom is -0.478 e. The van der Waals surface area contributed by atoms with Crippen LogP contribution in [0.25, 0.3) is 0 Å². The predicted octanol–water partition coefficient (Wildman–Crippen LogP) is 2.48. The number of hydrogen-bond acceptors (Lipinski definition) is 3. The molecule has 0 saturated carbocycles. The van der Waals surface area contributed by atoms with Crippen molar-refractivity contribution >= 4 is 17.6 Å². The number of nitrogens with one attached hydrogen (secondary N) is 1. The number of pyridine rings is 1. The Kier molecular flexibility index (Phi) is 3.74. The van der Waals surface area contributed by atoms with Gasteiger partial charge >= 0.3 is 5.97 Å². The van der Waals surface area contributed by atoms with Crippen LogP contribution in [0.2, 0.25) is 0 Å². The van der Waals surface area contributed by atoms with Gasteiger partial charge < -0.3 is 10.4 Å². The van der Waals surface area contributed by atoms with Gasteiger partial charge in [-0.2, -0.15) is 4.39 Å². The SMILES string of the molecule is Cc1cc(NC(=O)c2cccnc2F)ccc1C(=O)O. The topological polar surface area (TPSA) is 79.3 Å². The number of rotatable bonds is 3. The molecular formula is C14H11FN2O3. The minimum atomic E-state index is -1.04. The standard InChI is InChI=1S/C14H11FN2O3/c1-8-7-9(4-5-10(8)14(19)20)17-13(18)11-3-2-6-16-12(11)15/h2-7H,1H3,(H,17,18)(H,19,20). The van der Waals surface area contributed by atoms with Crippen LogP contribution in [0.3, 0.4) is 0 Å². The maximum absolute atomic E-state index is 13.3. The second-order valence-corrected chi connectivity index (χ2v) is 4.13. The van der Waals surface area contributed by atoms with Crippen LogP contribution < -0.4 is 5.32 Å². The van der Waals surface area contributed by atoms with Crippen molar-refractivity contribution in [3.05, 3.63) is 59.2 Å². The summed E-state index contributed by atoms with van der Waals surface area (Å²) < 4.78 is 13.3. The van der Waals surface area contributed by atoms with Gasteiger partial charge in [0.15, 0.2) is 0 Å². The van der Waals surface area contributed by atoms with Gasteiger partial charge in [0, 0.05) is 11.9 Å². The molecular weight excluding hydrogens is 263 g/mol. The quantitative estimate of drug-likeness (QED) is 0.843. The molecule has 2 rings (SSSR count). The number of nitrogens with zero attached hydrogens (tertiary/aromatic N) is 1. The Morgan fingerprint density at radius 3 is 2.60 bits per heavy atom. The third-order valence-corrected chi connectivity index (χ3v) is 2.72. The van der Waals surface area contributed by atoms with Crippen LogP contribution in [-0.4, -0.2) is 22.0 Å². The van der Waals surface area contributed by atoms with Crippen LogP contribution in [0.15, 0.2) is 36.5 Å². The highest BCUT2D eigenvalue weighted by molar-refractivity contribution is 6.04. The van der Waals surface area contributed by atoms with Gasteiger partial charge in [-0.15, -0.1) is 0 Å². The van der Waals surface area contributed by atoms with E-state index in [-0.39, 0.29) is 11.1 Å². The van der Waals surface area contributed by atoms with E-state index >= 15 is 0 Å². The predicted molar refractivity (Wildman–Crippen MR) is 70.3 cm³/mol. The van der Waals surface area contributed by atoms with Gasteiger partial charge in [0.05, 0.1) is 11.1 Å². The molecule has 102 valence electrons. The molecule has 0 radical (unpaired) electrons. The van der Waals surface area contributed by atoms with Gasteiger partial charge in [-0.25, -0.2) is 9.78 Å². The number of carbonyl (C=O) groups excluding carboxylic acids is 1. The Balaban J connectivity index is 2.23. The summed E-state index contributed by atoms with van der Waals surface area (Å²) in [6, 6.07) is 7.11. The molecule has 1 aromatic carbocycles. The number of hydrogen-bond donors (Lipinski definition) is 2. The molecule has 1 heterocycles. The molecule has 0 spiro atoms. The molecule has 2 N–H and O–H groups in total. The first-order valence-corrected chi connectivity index (χ1v) is 5.75. The van der Waals surface area contributed by atoms with Crippen LogP contribution in [0.5, 0.6) is 0 Å². The van der Waals surface area contributed by atoms with Crippen LogP contribution in [0, 0.1) is 12.9 Å². The lowest BCUT2D eigenvalue weighted by Crippen LogP contribution is -2.14. The van der Waals surface area contributed by atoms with Crippen LogP contribution in [0.4, 0.5) is 10.1 Å². The van der Waals surface area contributed by atoms with Crippen molar-refractivity contribution in [2.45, 2.75) is 6.92 Å². The van der Waals surface area contributed by atoms with Gasteiger partial charge in [-0.1, -0.05) is 0 Å². The average molecular weight is 274 g/mol. The molecule has 0 unspecified atom stereocenters. The largest absolute Gasteiger partial charge is 0.478 e. The number of aromatic nitrogens is 1. The minimum absolute atomic E-state index is 0.149. The van der Waals surface area contributed by atoms with Gasteiger partial charge in [-0.05, 0) is 42.8 Å². The summed E-state index contributed by atoms with van der Waals surface area (Å²) in [5, 5.41) is 11.4. The number of aromatic carboxylic acids is 1. The highest BCUT2D eigenvalue weighted by Gasteiger charge is 2.13. The summed E-state index contributed by atoms with van der Waals surface area (Å²) in [6.07, 6.45) is 1.25. The maximum Gasteiger partial charge on any atom is 0.335 e. The van der Waals surface area contributed by atoms with Gasteiger partial charge in [0.2, 0.25) is 5.95 Å². The van der Waals surface area contributed by atoms with Crippen molar-refractivity contribution in [3.63, 3.8) is 0 Å². The van der Waals surface area contributed by atoms with Crippen molar-refractivity contribution in [2.75, 3.05) is 5.32 Å². The van der Waals surface area contributed by atoms with Crippen molar-refractivity contribution in [1.82, 2.24) is 4.98 Å². The van der Waals surface area contributed by atoms with E-state index in [0.29, 0.717) is 11.3 Å². The Labute approximate surface area is 114 Å². The molecule has 1 aromatic heterocycles. The molecule has 5 nitrogen and oxygen atoms in total. The molecule has 0 aliphatic carbocycles. The lowest BCUT2D eigenvalue weighted by molar-refractivity contribution is 0.0696. The lowest BCUT2D eigenvalue weighted by atomic mass is 10.1. The zero-order valence-electron chi connectivity index (χ0n) is 10.6. The summed E-state index contributed by atoms with van der Waals surface area (Å²) in [4.78, 5) is 26.1. The van der Waals surface area contributed by atoms with E-state index in [4.69, 9.17) is 5.11 Å². The van der Waals surface area contributed by atoms with Crippen molar-refractivity contribution in [1.29, 1.82) is 0 Å². The molecule has 0 aliphatic heterocycles. The van der Waals surface area contributed by atoms with E-state index in [1.165, 1.54) is 36.5 Å². The molecule has 6 heteroatoms. The number of carboxylic acid groups (broad SMARTS) is 1. The molecule has 0 atom stereocenters. The molecule has 0 saturated heterocycles. The van der Waals surface area contributed by atoms with Gasteiger partial charge in [0.1, 0.15) is 0 Å². The van der Waals surface area contributed by atoms with E-state index in [2.05, 4.69) is 10.3 Å². The van der Waals surface area contributed by atoms with E-state index in [1.54, 1.807) is 6.92 Å². The number of anilines is 1. The summed E-state index contributed by atoms with van der Waals surface area (Å²) >= 11 is 0. The number of aryl methyl sites for hydroxylation is 1. The van der Waals surface area contributed by atoms with Crippen molar-refractivity contribution in [3.8, 4) is 0 Å². The summed E-state index contributed by atoms with van der Waals surface area (Å²) in [6.45, 7) is 1.61.